The molecule has 0 unspecified atom stereocenters. The summed E-state index contributed by atoms with van der Waals surface area (Å²) in [4.78, 5) is 28.8. The first-order valence-corrected chi connectivity index (χ1v) is 9.84. The van der Waals surface area contributed by atoms with Crippen molar-refractivity contribution in [2.45, 2.75) is 32.7 Å². The van der Waals surface area contributed by atoms with Gasteiger partial charge in [0.05, 0.1) is 5.69 Å². The van der Waals surface area contributed by atoms with Crippen molar-refractivity contribution < 1.29 is 15.0 Å². The molecular formula is C22H26ClN3O4. The summed E-state index contributed by atoms with van der Waals surface area (Å²) < 4.78 is 2.15. The highest BCUT2D eigenvalue weighted by Gasteiger charge is 2.28. The van der Waals surface area contributed by atoms with Crippen molar-refractivity contribution >= 4 is 29.3 Å². The Balaban J connectivity index is 0.00000256. The molecule has 3 aromatic rings. The van der Waals surface area contributed by atoms with E-state index in [1.165, 1.54) is 5.56 Å². The summed E-state index contributed by atoms with van der Waals surface area (Å²) in [5.41, 5.74) is 3.91. The van der Waals surface area contributed by atoms with Crippen LogP contribution in [-0.4, -0.2) is 44.2 Å². The highest BCUT2D eigenvalue weighted by Crippen LogP contribution is 2.41. The number of aromatic hydroxyl groups is 1. The summed E-state index contributed by atoms with van der Waals surface area (Å²) in [6.45, 7) is 3.92. The van der Waals surface area contributed by atoms with Gasteiger partial charge in [-0.1, -0.05) is 19.1 Å². The number of fused-ring (bicyclic) bond motifs is 5. The number of benzene rings is 1. The second-order valence-electron chi connectivity index (χ2n) is 7.75. The maximum Gasteiger partial charge on any atom is 0.345 e. The third-order valence-corrected chi connectivity index (χ3v) is 5.97. The van der Waals surface area contributed by atoms with E-state index in [9.17, 15) is 19.8 Å². The molecule has 1 aliphatic rings. The molecule has 0 saturated carbocycles. The molecule has 0 aliphatic heterocycles. The van der Waals surface area contributed by atoms with E-state index in [1.54, 1.807) is 0 Å². The number of carboxylic acid groups (broad SMARTS) is 1. The van der Waals surface area contributed by atoms with Gasteiger partial charge in [-0.05, 0) is 44.5 Å². The molecule has 0 amide bonds. The van der Waals surface area contributed by atoms with Gasteiger partial charge in [-0.15, -0.1) is 12.4 Å². The first-order chi connectivity index (χ1) is 13.8. The van der Waals surface area contributed by atoms with Crippen molar-refractivity contribution in [3.63, 3.8) is 0 Å². The zero-order valence-electron chi connectivity index (χ0n) is 17.3. The second-order valence-corrected chi connectivity index (χ2v) is 7.75. The van der Waals surface area contributed by atoms with Gasteiger partial charge in [0, 0.05) is 41.3 Å². The molecule has 160 valence electrons. The Morgan fingerprint density at radius 3 is 2.70 bits per heavy atom. The summed E-state index contributed by atoms with van der Waals surface area (Å²) in [6.07, 6.45) is 2.05. The molecule has 8 heteroatoms. The first kappa shape index (κ1) is 21.9. The molecule has 7 nitrogen and oxygen atoms in total. The van der Waals surface area contributed by atoms with Crippen LogP contribution in [0.15, 0.2) is 23.0 Å². The molecule has 0 radical (unpaired) electrons. The topological polar surface area (TPSA) is 98.6 Å². The Hall–Kier alpha value is -2.77. The van der Waals surface area contributed by atoms with Gasteiger partial charge in [-0.3, -0.25) is 4.79 Å². The molecule has 30 heavy (non-hydrogen) atoms. The maximum absolute atomic E-state index is 12.4. The summed E-state index contributed by atoms with van der Waals surface area (Å²) in [6, 6.07) is 6.31. The zero-order chi connectivity index (χ0) is 20.9. The van der Waals surface area contributed by atoms with Crippen molar-refractivity contribution in [1.29, 1.82) is 0 Å². The molecule has 3 N–H and O–H groups in total. The Morgan fingerprint density at radius 1 is 1.30 bits per heavy atom. The number of aryl methyl sites for hydroxylation is 1. The average molecular weight is 432 g/mol. The Kier molecular flexibility index (Phi) is 5.97. The molecular weight excluding hydrogens is 406 g/mol. The molecule has 1 aliphatic carbocycles. The van der Waals surface area contributed by atoms with E-state index in [1.807, 2.05) is 7.05 Å². The van der Waals surface area contributed by atoms with Crippen LogP contribution in [-0.2, 0) is 26.4 Å². The van der Waals surface area contributed by atoms with Crippen molar-refractivity contribution in [2.24, 2.45) is 7.05 Å². The van der Waals surface area contributed by atoms with E-state index in [0.29, 0.717) is 17.7 Å². The van der Waals surface area contributed by atoms with Gasteiger partial charge in [0.15, 0.2) is 5.56 Å². The summed E-state index contributed by atoms with van der Waals surface area (Å²) in [5.74, 6) is -1.83. The number of rotatable bonds is 4. The predicted molar refractivity (Wildman–Crippen MR) is 119 cm³/mol. The molecule has 0 fully saturated rings. The highest BCUT2D eigenvalue weighted by atomic mass is 35.5. The van der Waals surface area contributed by atoms with Gasteiger partial charge in [-0.2, -0.15) is 0 Å². The van der Waals surface area contributed by atoms with E-state index in [4.69, 9.17) is 0 Å². The van der Waals surface area contributed by atoms with Crippen LogP contribution in [0, 0.1) is 0 Å². The maximum atomic E-state index is 12.4. The normalized spacial score (nSPS) is 12.9. The Morgan fingerprint density at radius 2 is 2.03 bits per heavy atom. The molecule has 0 atom stereocenters. The lowest BCUT2D eigenvalue weighted by Crippen LogP contribution is -2.20. The predicted octanol–water partition coefficient (Wildman–Crippen LogP) is 3.30. The van der Waals surface area contributed by atoms with E-state index in [2.05, 4.69) is 46.6 Å². The van der Waals surface area contributed by atoms with Crippen LogP contribution in [0.1, 0.15) is 40.5 Å². The third kappa shape index (κ3) is 3.38. The summed E-state index contributed by atoms with van der Waals surface area (Å²) in [7, 11) is 4.09. The number of hydrogen-bond donors (Lipinski definition) is 3. The van der Waals surface area contributed by atoms with Crippen molar-refractivity contribution in [3.05, 3.63) is 50.9 Å². The number of aromatic carboxylic acids is 1. The molecule has 4 rings (SSSR count). The van der Waals surface area contributed by atoms with Crippen molar-refractivity contribution in [3.8, 4) is 17.0 Å². The number of aromatic amines is 1. The third-order valence-electron chi connectivity index (χ3n) is 5.97. The van der Waals surface area contributed by atoms with E-state index >= 15 is 0 Å². The van der Waals surface area contributed by atoms with Gasteiger partial charge in [-0.25, -0.2) is 4.79 Å². The van der Waals surface area contributed by atoms with Crippen LogP contribution in [0.2, 0.25) is 0 Å². The van der Waals surface area contributed by atoms with Crippen LogP contribution in [0.3, 0.4) is 0 Å². The zero-order valence-corrected chi connectivity index (χ0v) is 18.1. The average Bonchev–Trinajstić information content (AvgIpc) is 2.82. The van der Waals surface area contributed by atoms with E-state index in [0.717, 1.165) is 48.1 Å². The van der Waals surface area contributed by atoms with Crippen molar-refractivity contribution in [1.82, 2.24) is 14.5 Å². The van der Waals surface area contributed by atoms with Crippen LogP contribution in [0.25, 0.3) is 22.2 Å². The fourth-order valence-electron chi connectivity index (χ4n) is 4.34. The number of carboxylic acids is 1. The summed E-state index contributed by atoms with van der Waals surface area (Å²) in [5, 5.41) is 20.9. The second kappa shape index (κ2) is 8.16. The smallest absolute Gasteiger partial charge is 0.345 e. The fourth-order valence-corrected chi connectivity index (χ4v) is 4.34. The highest BCUT2D eigenvalue weighted by molar-refractivity contribution is 6.00. The molecule has 0 saturated heterocycles. The van der Waals surface area contributed by atoms with Crippen LogP contribution in [0.4, 0.5) is 0 Å². The van der Waals surface area contributed by atoms with Gasteiger partial charge >= 0.3 is 5.97 Å². The standard InChI is InChI=1S/C22H25N3O4.ClH/c1-4-24(2)11-12-8-9-13-16(10-12)25(3)15-7-5-6-14-19(17(13)15)23-21(27)18(20(14)26)22(28)29;/h8-10H,4-7,11H2,1-3H3,(H,28,29)(H2,23,26,27);1H. The number of halogens is 1. The van der Waals surface area contributed by atoms with Gasteiger partial charge in [0.1, 0.15) is 5.75 Å². The number of aromatic nitrogens is 2. The number of H-pyrrole nitrogens is 1. The minimum atomic E-state index is -1.42. The Bertz CT molecular complexity index is 1200. The molecule has 0 spiro atoms. The number of hydrogen-bond acceptors (Lipinski definition) is 4. The van der Waals surface area contributed by atoms with Gasteiger partial charge in [0.2, 0.25) is 0 Å². The summed E-state index contributed by atoms with van der Waals surface area (Å²) >= 11 is 0. The van der Waals surface area contributed by atoms with E-state index < -0.39 is 22.8 Å². The number of nitrogens with zero attached hydrogens (tertiary/aromatic N) is 2. The quantitative estimate of drug-likeness (QED) is 0.588. The fraction of sp³-hybridized carbons (Fsp3) is 0.364. The molecule has 2 aromatic heterocycles. The monoisotopic (exact) mass is 431 g/mol. The van der Waals surface area contributed by atoms with Crippen LogP contribution < -0.4 is 5.56 Å². The van der Waals surface area contributed by atoms with Gasteiger partial charge in [0.25, 0.3) is 5.56 Å². The minimum Gasteiger partial charge on any atom is -0.506 e. The minimum absolute atomic E-state index is 0. The van der Waals surface area contributed by atoms with Crippen LogP contribution in [0.5, 0.6) is 5.75 Å². The van der Waals surface area contributed by atoms with Gasteiger partial charge < -0.3 is 24.7 Å². The lowest BCUT2D eigenvalue weighted by Gasteiger charge is -2.14. The number of nitrogens with one attached hydrogen (secondary N) is 1. The van der Waals surface area contributed by atoms with E-state index in [-0.39, 0.29) is 12.4 Å². The van der Waals surface area contributed by atoms with Crippen LogP contribution >= 0.6 is 12.4 Å². The molecule has 0 bridgehead atoms. The first-order valence-electron chi connectivity index (χ1n) is 9.84. The molecule has 1 aromatic carbocycles. The van der Waals surface area contributed by atoms with Crippen molar-refractivity contribution in [2.75, 3.05) is 13.6 Å². The number of carbonyl (C=O) groups is 1. The molecule has 2 heterocycles. The SMILES string of the molecule is CCN(C)Cc1ccc2c3c(n(C)c2c1)CCCc1c-3[nH]c(=O)c(C(=O)O)c1O.Cl. The lowest BCUT2D eigenvalue weighted by molar-refractivity contribution is 0.0691. The lowest BCUT2D eigenvalue weighted by atomic mass is 9.99. The largest absolute Gasteiger partial charge is 0.506 e. The number of pyridine rings is 1. The Labute approximate surface area is 180 Å².